The van der Waals surface area contributed by atoms with Gasteiger partial charge in [-0.1, -0.05) is 35.7 Å². The van der Waals surface area contributed by atoms with Gasteiger partial charge in [-0.2, -0.15) is 0 Å². The van der Waals surface area contributed by atoms with Crippen LogP contribution in [0, 0.1) is 12.3 Å². The number of anilines is 1. The number of amides is 2. The van der Waals surface area contributed by atoms with Crippen molar-refractivity contribution >= 4 is 29.1 Å². The lowest BCUT2D eigenvalue weighted by atomic mass is 10.1. The van der Waals surface area contributed by atoms with E-state index in [2.05, 4.69) is 16.6 Å². The van der Waals surface area contributed by atoms with Crippen molar-refractivity contribution in [1.82, 2.24) is 5.32 Å². The summed E-state index contributed by atoms with van der Waals surface area (Å²) in [5, 5.41) is 5.71. The second-order valence-corrected chi connectivity index (χ2v) is 5.16. The second-order valence-electron chi connectivity index (χ2n) is 4.73. The number of halogens is 1. The van der Waals surface area contributed by atoms with Crippen molar-refractivity contribution in [2.45, 2.75) is 0 Å². The highest BCUT2D eigenvalue weighted by Crippen LogP contribution is 2.18. The van der Waals surface area contributed by atoms with E-state index in [1.165, 1.54) is 0 Å². The lowest BCUT2D eigenvalue weighted by molar-refractivity contribution is -0.118. The van der Waals surface area contributed by atoms with Gasteiger partial charge in [0.1, 0.15) is 5.75 Å². The van der Waals surface area contributed by atoms with E-state index >= 15 is 0 Å². The number of terminal acetylenes is 1. The monoisotopic (exact) mass is 342 g/mol. The molecule has 122 valence electrons. The Balaban J connectivity index is 1.99. The second kappa shape index (κ2) is 8.61. The Kier molecular flexibility index (Phi) is 6.23. The van der Waals surface area contributed by atoms with E-state index in [9.17, 15) is 9.59 Å². The minimum atomic E-state index is -0.396. The summed E-state index contributed by atoms with van der Waals surface area (Å²) in [6.07, 6.45) is 5.12. The molecule has 0 aliphatic rings. The average Bonchev–Trinajstić information content (AvgIpc) is 2.58. The lowest BCUT2D eigenvalue weighted by Crippen LogP contribution is -2.26. The molecule has 0 atom stereocenters. The third-order valence-electron chi connectivity index (χ3n) is 2.96. The van der Waals surface area contributed by atoms with Gasteiger partial charge in [-0.15, -0.1) is 6.42 Å². The van der Waals surface area contributed by atoms with E-state index < -0.39 is 5.91 Å². The summed E-state index contributed by atoms with van der Waals surface area (Å²) in [5.74, 6) is 2.05. The average molecular weight is 343 g/mol. The van der Waals surface area contributed by atoms with Gasteiger partial charge in [-0.25, -0.2) is 0 Å². The molecule has 2 N–H and O–H groups in total. The molecule has 24 heavy (non-hydrogen) atoms. The summed E-state index contributed by atoms with van der Waals surface area (Å²) in [4.78, 5) is 24.0. The molecule has 6 heteroatoms. The molecule has 0 spiro atoms. The molecule has 5 nitrogen and oxygen atoms in total. The molecule has 0 heterocycles. The highest BCUT2D eigenvalue weighted by Gasteiger charge is 2.12. The zero-order valence-electron chi connectivity index (χ0n) is 12.7. The van der Waals surface area contributed by atoms with E-state index in [-0.39, 0.29) is 19.1 Å². The van der Waals surface area contributed by atoms with Gasteiger partial charge in [0.15, 0.2) is 6.61 Å². The Morgan fingerprint density at radius 2 is 1.96 bits per heavy atom. The molecular weight excluding hydrogens is 328 g/mol. The topological polar surface area (TPSA) is 67.4 Å². The van der Waals surface area contributed by atoms with Crippen molar-refractivity contribution < 1.29 is 14.3 Å². The molecule has 2 rings (SSSR count). The zero-order chi connectivity index (χ0) is 17.4. The molecule has 0 bridgehead atoms. The van der Waals surface area contributed by atoms with Crippen LogP contribution in [-0.2, 0) is 4.79 Å². The van der Waals surface area contributed by atoms with Gasteiger partial charge < -0.3 is 15.4 Å². The van der Waals surface area contributed by atoms with Gasteiger partial charge in [0.2, 0.25) is 0 Å². The van der Waals surface area contributed by atoms with Gasteiger partial charge in [-0.05, 0) is 30.3 Å². The van der Waals surface area contributed by atoms with Crippen LogP contribution in [0.5, 0.6) is 5.75 Å². The van der Waals surface area contributed by atoms with Gasteiger partial charge in [0, 0.05) is 5.02 Å². The molecule has 0 aliphatic carbocycles. The molecule has 0 radical (unpaired) electrons. The Hall–Kier alpha value is -2.97. The number of hydrogen-bond donors (Lipinski definition) is 2. The summed E-state index contributed by atoms with van der Waals surface area (Å²) in [7, 11) is 0. The maximum absolute atomic E-state index is 12.0. The number of para-hydroxylation sites is 1. The summed E-state index contributed by atoms with van der Waals surface area (Å²) in [5.41, 5.74) is 0.704. The molecule has 0 unspecified atom stereocenters. The summed E-state index contributed by atoms with van der Waals surface area (Å²) in [6.45, 7) is -0.0976. The Bertz CT molecular complexity index is 784. The summed E-state index contributed by atoms with van der Waals surface area (Å²) >= 11 is 5.85. The van der Waals surface area contributed by atoms with Crippen LogP contribution >= 0.6 is 11.6 Å². The highest BCUT2D eigenvalue weighted by atomic mass is 35.5. The van der Waals surface area contributed by atoms with Crippen LogP contribution < -0.4 is 15.4 Å². The van der Waals surface area contributed by atoms with Crippen LogP contribution in [0.2, 0.25) is 5.02 Å². The fourth-order valence-electron chi connectivity index (χ4n) is 1.91. The third-order valence-corrected chi connectivity index (χ3v) is 3.20. The predicted molar refractivity (Wildman–Crippen MR) is 93.2 cm³/mol. The SMILES string of the molecule is C#CCNC(=O)c1ccccc1NC(=O)COc1cccc(Cl)c1. The molecule has 2 aromatic rings. The van der Waals surface area contributed by atoms with Crippen LogP contribution in [0.3, 0.4) is 0 Å². The lowest BCUT2D eigenvalue weighted by Gasteiger charge is -2.11. The van der Waals surface area contributed by atoms with Crippen molar-refractivity contribution in [2.24, 2.45) is 0 Å². The maximum Gasteiger partial charge on any atom is 0.262 e. The van der Waals surface area contributed by atoms with Crippen LogP contribution in [0.1, 0.15) is 10.4 Å². The first-order valence-corrected chi connectivity index (χ1v) is 7.47. The summed E-state index contributed by atoms with van der Waals surface area (Å²) in [6, 6.07) is 13.4. The first-order valence-electron chi connectivity index (χ1n) is 7.09. The molecule has 2 amide bonds. The van der Waals surface area contributed by atoms with E-state index in [0.717, 1.165) is 0 Å². The van der Waals surface area contributed by atoms with Crippen molar-refractivity contribution in [3.05, 3.63) is 59.1 Å². The maximum atomic E-state index is 12.0. The molecule has 0 aromatic heterocycles. The van der Waals surface area contributed by atoms with E-state index in [1.807, 2.05) is 0 Å². The number of carbonyl (C=O) groups excluding carboxylic acids is 2. The smallest absolute Gasteiger partial charge is 0.262 e. The quantitative estimate of drug-likeness (QED) is 0.793. The van der Waals surface area contributed by atoms with E-state index in [1.54, 1.807) is 48.5 Å². The molecular formula is C18H15ClN2O3. The van der Waals surface area contributed by atoms with Crippen LogP contribution in [0.25, 0.3) is 0 Å². The van der Waals surface area contributed by atoms with E-state index in [4.69, 9.17) is 22.8 Å². The first-order chi connectivity index (χ1) is 11.6. The minimum Gasteiger partial charge on any atom is -0.484 e. The molecule has 0 fully saturated rings. The number of nitrogens with one attached hydrogen (secondary N) is 2. The number of ether oxygens (including phenoxy) is 1. The number of rotatable bonds is 6. The molecule has 2 aromatic carbocycles. The Morgan fingerprint density at radius 3 is 2.71 bits per heavy atom. The van der Waals surface area contributed by atoms with Gasteiger partial charge in [0.25, 0.3) is 11.8 Å². The van der Waals surface area contributed by atoms with Crippen molar-refractivity contribution in [3.8, 4) is 18.1 Å². The van der Waals surface area contributed by atoms with Crippen molar-refractivity contribution in [1.29, 1.82) is 0 Å². The fraction of sp³-hybridized carbons (Fsp3) is 0.111. The van der Waals surface area contributed by atoms with Crippen molar-refractivity contribution in [3.63, 3.8) is 0 Å². The Morgan fingerprint density at radius 1 is 1.17 bits per heavy atom. The van der Waals surface area contributed by atoms with Crippen LogP contribution in [-0.4, -0.2) is 25.0 Å². The summed E-state index contributed by atoms with van der Waals surface area (Å²) < 4.78 is 5.36. The number of carbonyl (C=O) groups is 2. The normalized spacial score (nSPS) is 9.67. The molecule has 0 saturated heterocycles. The third kappa shape index (κ3) is 5.04. The molecule has 0 aliphatic heterocycles. The van der Waals surface area contributed by atoms with Gasteiger partial charge >= 0.3 is 0 Å². The van der Waals surface area contributed by atoms with Crippen LogP contribution in [0.15, 0.2) is 48.5 Å². The molecule has 0 saturated carbocycles. The standard InChI is InChI=1S/C18H15ClN2O3/c1-2-10-20-18(23)15-8-3-4-9-16(15)21-17(22)12-24-14-7-5-6-13(19)11-14/h1,3-9,11H,10,12H2,(H,20,23)(H,21,22). The van der Waals surface area contributed by atoms with Gasteiger partial charge in [0.05, 0.1) is 17.8 Å². The van der Waals surface area contributed by atoms with E-state index in [0.29, 0.717) is 22.0 Å². The Labute approximate surface area is 145 Å². The fourth-order valence-corrected chi connectivity index (χ4v) is 2.09. The number of hydrogen-bond acceptors (Lipinski definition) is 3. The van der Waals surface area contributed by atoms with Crippen LogP contribution in [0.4, 0.5) is 5.69 Å². The minimum absolute atomic E-state index is 0.110. The van der Waals surface area contributed by atoms with Gasteiger partial charge in [-0.3, -0.25) is 9.59 Å². The number of benzene rings is 2. The largest absolute Gasteiger partial charge is 0.484 e. The highest BCUT2D eigenvalue weighted by molar-refractivity contribution is 6.30. The predicted octanol–water partition coefficient (Wildman–Crippen LogP) is 2.72. The van der Waals surface area contributed by atoms with Crippen molar-refractivity contribution in [2.75, 3.05) is 18.5 Å². The first kappa shape index (κ1) is 17.4. The zero-order valence-corrected chi connectivity index (χ0v) is 13.5.